The summed E-state index contributed by atoms with van der Waals surface area (Å²) in [7, 11) is 0. The normalized spacial score (nSPS) is 11.6. The van der Waals surface area contributed by atoms with Gasteiger partial charge in [0.2, 0.25) is 0 Å². The molecular weight excluding hydrogens is 306 g/mol. The second-order valence-corrected chi connectivity index (χ2v) is 5.33. The van der Waals surface area contributed by atoms with Gasteiger partial charge in [0.1, 0.15) is 5.69 Å². The SMILES string of the molecule is CCc1cc(C(=O)NC(CC)(CC)CBr)n(CC)n1. The Balaban J connectivity index is 2.97. The molecule has 0 atom stereocenters. The topological polar surface area (TPSA) is 46.9 Å². The molecule has 0 radical (unpaired) electrons. The summed E-state index contributed by atoms with van der Waals surface area (Å²) in [6.07, 6.45) is 2.65. The van der Waals surface area contributed by atoms with Crippen LogP contribution in [0.25, 0.3) is 0 Å². The molecule has 0 aliphatic heterocycles. The van der Waals surface area contributed by atoms with E-state index < -0.39 is 0 Å². The molecule has 1 heterocycles. The number of hydrogen-bond acceptors (Lipinski definition) is 2. The predicted molar refractivity (Wildman–Crippen MR) is 81.9 cm³/mol. The fourth-order valence-electron chi connectivity index (χ4n) is 2.02. The molecule has 1 rings (SSSR count). The molecule has 0 aliphatic carbocycles. The second-order valence-electron chi connectivity index (χ2n) is 4.77. The van der Waals surface area contributed by atoms with Gasteiger partial charge in [-0.15, -0.1) is 0 Å². The summed E-state index contributed by atoms with van der Waals surface area (Å²) in [6.45, 7) is 8.95. The molecule has 0 saturated carbocycles. The number of aromatic nitrogens is 2. The molecule has 0 fully saturated rings. The highest BCUT2D eigenvalue weighted by atomic mass is 79.9. The summed E-state index contributed by atoms with van der Waals surface area (Å²) < 4.78 is 1.78. The van der Waals surface area contributed by atoms with Gasteiger partial charge in [-0.05, 0) is 32.3 Å². The lowest BCUT2D eigenvalue weighted by Crippen LogP contribution is -2.49. The highest BCUT2D eigenvalue weighted by molar-refractivity contribution is 9.09. The van der Waals surface area contributed by atoms with Gasteiger partial charge in [-0.1, -0.05) is 36.7 Å². The molecule has 0 saturated heterocycles. The van der Waals surface area contributed by atoms with Crippen molar-refractivity contribution in [1.29, 1.82) is 0 Å². The molecule has 19 heavy (non-hydrogen) atoms. The van der Waals surface area contributed by atoms with E-state index in [1.54, 1.807) is 4.68 Å². The predicted octanol–water partition coefficient (Wildman–Crippen LogP) is 3.15. The van der Waals surface area contributed by atoms with Gasteiger partial charge in [0.15, 0.2) is 0 Å². The fourth-order valence-corrected chi connectivity index (χ4v) is 2.95. The van der Waals surface area contributed by atoms with Crippen LogP contribution in [0.5, 0.6) is 0 Å². The van der Waals surface area contributed by atoms with Crippen LogP contribution in [0.4, 0.5) is 0 Å². The summed E-state index contributed by atoms with van der Waals surface area (Å²) in [5.41, 5.74) is 1.45. The third-order valence-corrected chi connectivity index (χ3v) is 4.79. The standard InChI is InChI=1S/C14H24BrN3O/c1-5-11-9-12(18(8-4)17-11)13(19)16-14(6-2,7-3)10-15/h9H,5-8,10H2,1-4H3,(H,16,19). The summed E-state index contributed by atoms with van der Waals surface area (Å²) in [6, 6.07) is 1.89. The monoisotopic (exact) mass is 329 g/mol. The number of amides is 1. The summed E-state index contributed by atoms with van der Waals surface area (Å²) in [4.78, 5) is 12.5. The first-order valence-electron chi connectivity index (χ1n) is 7.00. The summed E-state index contributed by atoms with van der Waals surface area (Å²) in [5, 5.41) is 8.34. The van der Waals surface area contributed by atoms with E-state index in [1.165, 1.54) is 0 Å². The summed E-state index contributed by atoms with van der Waals surface area (Å²) >= 11 is 3.51. The number of carbonyl (C=O) groups excluding carboxylic acids is 1. The lowest BCUT2D eigenvalue weighted by Gasteiger charge is -2.30. The van der Waals surface area contributed by atoms with Crippen LogP contribution < -0.4 is 5.32 Å². The van der Waals surface area contributed by atoms with Crippen molar-refractivity contribution in [1.82, 2.24) is 15.1 Å². The largest absolute Gasteiger partial charge is 0.344 e. The number of nitrogens with zero attached hydrogens (tertiary/aromatic N) is 2. The molecule has 1 aromatic heterocycles. The maximum absolute atomic E-state index is 12.5. The van der Waals surface area contributed by atoms with E-state index in [4.69, 9.17) is 0 Å². The molecule has 0 unspecified atom stereocenters. The van der Waals surface area contributed by atoms with Crippen molar-refractivity contribution in [2.45, 2.75) is 59.0 Å². The quantitative estimate of drug-likeness (QED) is 0.781. The van der Waals surface area contributed by atoms with E-state index in [0.29, 0.717) is 12.2 Å². The van der Waals surface area contributed by atoms with E-state index in [1.807, 2.05) is 19.9 Å². The van der Waals surface area contributed by atoms with E-state index >= 15 is 0 Å². The first-order chi connectivity index (χ1) is 9.05. The maximum Gasteiger partial charge on any atom is 0.270 e. The molecule has 108 valence electrons. The zero-order valence-electron chi connectivity index (χ0n) is 12.3. The number of hydrogen-bond donors (Lipinski definition) is 1. The van der Waals surface area contributed by atoms with Crippen molar-refractivity contribution in [3.05, 3.63) is 17.5 Å². The minimum absolute atomic E-state index is 0.0304. The lowest BCUT2D eigenvalue weighted by atomic mass is 9.95. The molecule has 1 amide bonds. The van der Waals surface area contributed by atoms with Gasteiger partial charge in [0, 0.05) is 17.4 Å². The Morgan fingerprint density at radius 1 is 1.37 bits per heavy atom. The van der Waals surface area contributed by atoms with Gasteiger partial charge in [-0.2, -0.15) is 5.10 Å². The minimum Gasteiger partial charge on any atom is -0.344 e. The van der Waals surface area contributed by atoms with Crippen molar-refractivity contribution < 1.29 is 4.79 Å². The van der Waals surface area contributed by atoms with Crippen LogP contribution in [0, 0.1) is 0 Å². The van der Waals surface area contributed by atoms with Crippen LogP contribution >= 0.6 is 15.9 Å². The van der Waals surface area contributed by atoms with E-state index in [2.05, 4.69) is 40.2 Å². The third-order valence-electron chi connectivity index (χ3n) is 3.71. The number of rotatable bonds is 7. The van der Waals surface area contributed by atoms with Crippen LogP contribution in [0.15, 0.2) is 6.07 Å². The number of halogens is 1. The van der Waals surface area contributed by atoms with Crippen LogP contribution in [0.1, 0.15) is 56.7 Å². The Hall–Kier alpha value is -0.840. The zero-order valence-corrected chi connectivity index (χ0v) is 13.9. The molecule has 1 N–H and O–H groups in total. The highest BCUT2D eigenvalue weighted by Crippen LogP contribution is 2.19. The van der Waals surface area contributed by atoms with Gasteiger partial charge in [-0.25, -0.2) is 0 Å². The summed E-state index contributed by atoms with van der Waals surface area (Å²) in [5.74, 6) is -0.0304. The number of alkyl halides is 1. The third kappa shape index (κ3) is 3.59. The van der Waals surface area contributed by atoms with Crippen molar-refractivity contribution in [2.75, 3.05) is 5.33 Å². The van der Waals surface area contributed by atoms with E-state index in [0.717, 1.165) is 30.3 Å². The van der Waals surface area contributed by atoms with E-state index in [9.17, 15) is 4.79 Å². The average Bonchev–Trinajstić information content (AvgIpc) is 2.88. The zero-order chi connectivity index (χ0) is 14.5. The van der Waals surface area contributed by atoms with Crippen molar-refractivity contribution >= 4 is 21.8 Å². The van der Waals surface area contributed by atoms with Crippen molar-refractivity contribution in [2.24, 2.45) is 0 Å². The fraction of sp³-hybridized carbons (Fsp3) is 0.714. The minimum atomic E-state index is -0.174. The number of nitrogens with one attached hydrogen (secondary N) is 1. The highest BCUT2D eigenvalue weighted by Gasteiger charge is 2.28. The lowest BCUT2D eigenvalue weighted by molar-refractivity contribution is 0.0892. The van der Waals surface area contributed by atoms with E-state index in [-0.39, 0.29) is 11.4 Å². The van der Waals surface area contributed by atoms with Gasteiger partial charge < -0.3 is 5.32 Å². The van der Waals surface area contributed by atoms with Crippen LogP contribution in [-0.2, 0) is 13.0 Å². The van der Waals surface area contributed by atoms with Crippen LogP contribution in [-0.4, -0.2) is 26.6 Å². The Bertz CT molecular complexity index is 416. The van der Waals surface area contributed by atoms with Gasteiger partial charge >= 0.3 is 0 Å². The molecule has 5 heteroatoms. The Morgan fingerprint density at radius 2 is 2.00 bits per heavy atom. The molecular formula is C14H24BrN3O. The molecule has 0 bridgehead atoms. The molecule has 0 aromatic carbocycles. The van der Waals surface area contributed by atoms with Gasteiger partial charge in [-0.3, -0.25) is 9.48 Å². The maximum atomic E-state index is 12.5. The first-order valence-corrected chi connectivity index (χ1v) is 8.13. The molecule has 1 aromatic rings. The van der Waals surface area contributed by atoms with Crippen molar-refractivity contribution in [3.8, 4) is 0 Å². The van der Waals surface area contributed by atoms with Crippen LogP contribution in [0.2, 0.25) is 0 Å². The smallest absolute Gasteiger partial charge is 0.270 e. The number of aryl methyl sites for hydroxylation is 2. The van der Waals surface area contributed by atoms with Gasteiger partial charge in [0.25, 0.3) is 5.91 Å². The first kappa shape index (κ1) is 16.2. The molecule has 0 spiro atoms. The Kier molecular flexibility index (Phi) is 6.04. The molecule has 0 aliphatic rings. The molecule has 4 nitrogen and oxygen atoms in total. The van der Waals surface area contributed by atoms with Crippen LogP contribution in [0.3, 0.4) is 0 Å². The Morgan fingerprint density at radius 3 is 2.42 bits per heavy atom. The number of carbonyl (C=O) groups is 1. The average molecular weight is 330 g/mol. The second kappa shape index (κ2) is 7.08. The Labute approximate surface area is 124 Å². The van der Waals surface area contributed by atoms with Crippen molar-refractivity contribution in [3.63, 3.8) is 0 Å². The van der Waals surface area contributed by atoms with Gasteiger partial charge in [0.05, 0.1) is 5.69 Å².